The summed E-state index contributed by atoms with van der Waals surface area (Å²) in [5.41, 5.74) is 0. The van der Waals surface area contributed by atoms with Gasteiger partial charge in [-0.05, 0) is 25.7 Å². The Morgan fingerprint density at radius 3 is 3.00 bits per heavy atom. The van der Waals surface area contributed by atoms with Crippen molar-refractivity contribution in [3.8, 4) is 0 Å². The number of esters is 1. The molecule has 3 nitrogen and oxygen atoms in total. The number of Topliss-reactive ketones (excluding diaryl/α,β-unsaturated/α-hetero) is 1. The number of hydrogen-bond acceptors (Lipinski definition) is 3. The molecular weight excluding hydrogens is 192 g/mol. The molecule has 0 radical (unpaired) electrons. The van der Waals surface area contributed by atoms with Crippen LogP contribution in [-0.2, 0) is 14.3 Å². The molecule has 2 atom stereocenters. The number of allylic oxidation sites excluding steroid dienone is 1. The van der Waals surface area contributed by atoms with Gasteiger partial charge in [-0.1, -0.05) is 6.08 Å². The van der Waals surface area contributed by atoms with Crippen molar-refractivity contribution in [2.75, 3.05) is 0 Å². The number of rotatable bonds is 5. The van der Waals surface area contributed by atoms with Crippen LogP contribution in [0.15, 0.2) is 12.7 Å². The van der Waals surface area contributed by atoms with Crippen LogP contribution in [0.5, 0.6) is 0 Å². The monoisotopic (exact) mass is 210 g/mol. The predicted octanol–water partition coefficient (Wildman–Crippen LogP) is 2.25. The van der Waals surface area contributed by atoms with Crippen LogP contribution in [0.3, 0.4) is 0 Å². The Labute approximate surface area is 90.5 Å². The molecule has 0 bridgehead atoms. The summed E-state index contributed by atoms with van der Waals surface area (Å²) in [5.74, 6) is -0.123. The summed E-state index contributed by atoms with van der Waals surface area (Å²) >= 11 is 0. The molecule has 3 heteroatoms. The predicted molar refractivity (Wildman–Crippen MR) is 57.3 cm³/mol. The fourth-order valence-corrected chi connectivity index (χ4v) is 2.06. The first-order chi connectivity index (χ1) is 7.15. The first-order valence-corrected chi connectivity index (χ1v) is 5.46. The Morgan fingerprint density at radius 2 is 2.40 bits per heavy atom. The van der Waals surface area contributed by atoms with Gasteiger partial charge in [-0.2, -0.15) is 0 Å². The molecule has 0 heterocycles. The average Bonchev–Trinajstić information content (AvgIpc) is 2.49. The number of carbonyl (C=O) groups is 2. The van der Waals surface area contributed by atoms with Crippen LogP contribution < -0.4 is 0 Å². The molecule has 0 aromatic carbocycles. The summed E-state index contributed by atoms with van der Waals surface area (Å²) in [4.78, 5) is 22.4. The van der Waals surface area contributed by atoms with Gasteiger partial charge in [0.2, 0.25) is 0 Å². The lowest BCUT2D eigenvalue weighted by Crippen LogP contribution is -2.24. The number of ether oxygens (including phenoxy) is 1. The molecule has 0 aliphatic heterocycles. The van der Waals surface area contributed by atoms with Crippen LogP contribution in [-0.4, -0.2) is 17.9 Å². The van der Waals surface area contributed by atoms with Crippen LogP contribution >= 0.6 is 0 Å². The molecule has 84 valence electrons. The summed E-state index contributed by atoms with van der Waals surface area (Å²) in [6, 6.07) is 0. The van der Waals surface area contributed by atoms with Crippen molar-refractivity contribution >= 4 is 11.8 Å². The van der Waals surface area contributed by atoms with E-state index in [9.17, 15) is 9.59 Å². The van der Waals surface area contributed by atoms with Crippen LogP contribution in [0.25, 0.3) is 0 Å². The van der Waals surface area contributed by atoms with E-state index in [1.807, 2.05) is 6.08 Å². The zero-order chi connectivity index (χ0) is 11.3. The fraction of sp³-hybridized carbons (Fsp3) is 0.667. The standard InChI is InChI=1S/C12H18O3/c1-3-4-5-6-10-11(14)7-8-12(10)15-9(2)13/h3,10,12H,1,4-8H2,2H3. The second kappa shape index (κ2) is 5.69. The van der Waals surface area contributed by atoms with Gasteiger partial charge < -0.3 is 4.74 Å². The molecule has 0 aromatic heterocycles. The maximum Gasteiger partial charge on any atom is 0.302 e. The maximum absolute atomic E-state index is 11.5. The molecule has 0 amide bonds. The highest BCUT2D eigenvalue weighted by molar-refractivity contribution is 5.84. The van der Waals surface area contributed by atoms with Crippen LogP contribution in [0.1, 0.15) is 39.0 Å². The smallest absolute Gasteiger partial charge is 0.302 e. The van der Waals surface area contributed by atoms with E-state index in [1.54, 1.807) is 0 Å². The van der Waals surface area contributed by atoms with E-state index < -0.39 is 0 Å². The van der Waals surface area contributed by atoms with E-state index in [4.69, 9.17) is 4.74 Å². The van der Waals surface area contributed by atoms with E-state index in [1.165, 1.54) is 6.92 Å². The Bertz CT molecular complexity index is 258. The van der Waals surface area contributed by atoms with Gasteiger partial charge in [0.1, 0.15) is 11.9 Å². The molecule has 15 heavy (non-hydrogen) atoms. The lowest BCUT2D eigenvalue weighted by atomic mass is 9.97. The quantitative estimate of drug-likeness (QED) is 0.397. The third kappa shape index (κ3) is 3.50. The van der Waals surface area contributed by atoms with Crippen molar-refractivity contribution in [3.63, 3.8) is 0 Å². The normalized spacial score (nSPS) is 25.3. The van der Waals surface area contributed by atoms with Gasteiger partial charge in [0.05, 0.1) is 5.92 Å². The van der Waals surface area contributed by atoms with E-state index in [0.717, 1.165) is 19.3 Å². The zero-order valence-corrected chi connectivity index (χ0v) is 9.20. The Hall–Kier alpha value is -1.12. The fourth-order valence-electron chi connectivity index (χ4n) is 2.06. The highest BCUT2D eigenvalue weighted by Gasteiger charge is 2.36. The molecule has 0 spiro atoms. The Kier molecular flexibility index (Phi) is 4.53. The van der Waals surface area contributed by atoms with Crippen molar-refractivity contribution < 1.29 is 14.3 Å². The van der Waals surface area contributed by atoms with Crippen molar-refractivity contribution in [2.24, 2.45) is 5.92 Å². The molecular formula is C12H18O3. The third-order valence-corrected chi connectivity index (χ3v) is 2.78. The zero-order valence-electron chi connectivity index (χ0n) is 9.20. The molecule has 0 N–H and O–H groups in total. The highest BCUT2D eigenvalue weighted by atomic mass is 16.5. The molecule has 0 aromatic rings. The topological polar surface area (TPSA) is 43.4 Å². The second-order valence-electron chi connectivity index (χ2n) is 3.98. The van der Waals surface area contributed by atoms with Crippen LogP contribution in [0.2, 0.25) is 0 Å². The van der Waals surface area contributed by atoms with Gasteiger partial charge in [0.25, 0.3) is 0 Å². The summed E-state index contributed by atoms with van der Waals surface area (Å²) in [5, 5.41) is 0. The minimum Gasteiger partial charge on any atom is -0.462 e. The number of carbonyl (C=O) groups excluding carboxylic acids is 2. The van der Waals surface area contributed by atoms with Crippen molar-refractivity contribution in [1.82, 2.24) is 0 Å². The molecule has 1 aliphatic carbocycles. The lowest BCUT2D eigenvalue weighted by Gasteiger charge is -2.17. The number of hydrogen-bond donors (Lipinski definition) is 0. The summed E-state index contributed by atoms with van der Waals surface area (Å²) < 4.78 is 5.14. The van der Waals surface area contributed by atoms with Crippen molar-refractivity contribution in [1.29, 1.82) is 0 Å². The van der Waals surface area contributed by atoms with Gasteiger partial charge in [-0.3, -0.25) is 9.59 Å². The summed E-state index contributed by atoms with van der Waals surface area (Å²) in [6.07, 6.45) is 5.57. The molecule has 1 aliphatic rings. The van der Waals surface area contributed by atoms with Crippen LogP contribution in [0, 0.1) is 5.92 Å². The van der Waals surface area contributed by atoms with Crippen LogP contribution in [0.4, 0.5) is 0 Å². The van der Waals surface area contributed by atoms with E-state index in [2.05, 4.69) is 6.58 Å². The Balaban J connectivity index is 2.45. The summed E-state index contributed by atoms with van der Waals surface area (Å²) in [7, 11) is 0. The van der Waals surface area contributed by atoms with Gasteiger partial charge >= 0.3 is 5.97 Å². The van der Waals surface area contributed by atoms with Gasteiger partial charge in [0.15, 0.2) is 0 Å². The largest absolute Gasteiger partial charge is 0.462 e. The molecule has 1 saturated carbocycles. The molecule has 1 fully saturated rings. The minimum atomic E-state index is -0.288. The Morgan fingerprint density at radius 1 is 1.67 bits per heavy atom. The van der Waals surface area contributed by atoms with E-state index in [0.29, 0.717) is 12.8 Å². The van der Waals surface area contributed by atoms with Gasteiger partial charge in [-0.25, -0.2) is 0 Å². The van der Waals surface area contributed by atoms with Gasteiger partial charge in [-0.15, -0.1) is 6.58 Å². The molecule has 0 saturated heterocycles. The van der Waals surface area contributed by atoms with E-state index in [-0.39, 0.29) is 23.8 Å². The van der Waals surface area contributed by atoms with E-state index >= 15 is 0 Å². The van der Waals surface area contributed by atoms with Gasteiger partial charge in [0, 0.05) is 13.3 Å². The minimum absolute atomic E-state index is 0.0751. The van der Waals surface area contributed by atoms with Crippen molar-refractivity contribution in [3.05, 3.63) is 12.7 Å². The second-order valence-corrected chi connectivity index (χ2v) is 3.98. The third-order valence-electron chi connectivity index (χ3n) is 2.78. The number of ketones is 1. The molecule has 2 unspecified atom stereocenters. The number of unbranched alkanes of at least 4 members (excludes halogenated alkanes) is 1. The maximum atomic E-state index is 11.5. The first-order valence-electron chi connectivity index (χ1n) is 5.46. The summed E-state index contributed by atoms with van der Waals surface area (Å²) in [6.45, 7) is 5.03. The molecule has 1 rings (SSSR count). The average molecular weight is 210 g/mol. The lowest BCUT2D eigenvalue weighted by molar-refractivity contribution is -0.148. The first kappa shape index (κ1) is 12.0. The highest BCUT2D eigenvalue weighted by Crippen LogP contribution is 2.29. The SMILES string of the molecule is C=CCCCC1C(=O)CCC1OC(C)=O. The van der Waals surface area contributed by atoms with Crippen molar-refractivity contribution in [2.45, 2.75) is 45.1 Å².